The number of aromatic nitrogens is 1. The van der Waals surface area contributed by atoms with E-state index in [0.29, 0.717) is 46.7 Å². The molecule has 5 rings (SSSR count). The van der Waals surface area contributed by atoms with Gasteiger partial charge < -0.3 is 19.3 Å². The number of thiazole rings is 1. The second kappa shape index (κ2) is 12.2. The summed E-state index contributed by atoms with van der Waals surface area (Å²) in [6.07, 6.45) is 1.88. The number of hydrogen-bond donors (Lipinski definition) is 1. The molecule has 0 radical (unpaired) electrons. The van der Waals surface area contributed by atoms with Crippen molar-refractivity contribution < 1.29 is 28.9 Å². The molecule has 1 N–H and O–H groups in total. The fourth-order valence-electron chi connectivity index (χ4n) is 5.14. The Morgan fingerprint density at radius 3 is 2.45 bits per heavy atom. The Hall–Kier alpha value is -4.37. The summed E-state index contributed by atoms with van der Waals surface area (Å²) in [6, 6.07) is 15.2. The number of rotatable bonds is 10. The molecule has 0 bridgehead atoms. The Labute approximate surface area is 249 Å². The quantitative estimate of drug-likeness (QED) is 0.0914. The number of amides is 1. The number of ketones is 1. The van der Waals surface area contributed by atoms with Gasteiger partial charge in [-0.25, -0.2) is 4.98 Å². The van der Waals surface area contributed by atoms with E-state index in [4.69, 9.17) is 19.2 Å². The molecule has 0 spiro atoms. The van der Waals surface area contributed by atoms with Crippen LogP contribution in [0.3, 0.4) is 0 Å². The van der Waals surface area contributed by atoms with Gasteiger partial charge in [-0.2, -0.15) is 0 Å². The molecule has 8 nitrogen and oxygen atoms in total. The zero-order valence-electron chi connectivity index (χ0n) is 24.4. The van der Waals surface area contributed by atoms with E-state index < -0.39 is 17.7 Å². The molecule has 1 amide bonds. The minimum Gasteiger partial charge on any atom is -0.507 e. The molecule has 3 aromatic carbocycles. The first-order valence-electron chi connectivity index (χ1n) is 14.0. The third kappa shape index (κ3) is 5.44. The van der Waals surface area contributed by atoms with Crippen molar-refractivity contribution in [1.29, 1.82) is 0 Å². The number of hydrogen-bond acceptors (Lipinski definition) is 8. The summed E-state index contributed by atoms with van der Waals surface area (Å²) >= 11 is 1.34. The Bertz CT molecular complexity index is 1670. The first-order valence-corrected chi connectivity index (χ1v) is 14.8. The highest BCUT2D eigenvalue weighted by Crippen LogP contribution is 2.46. The highest BCUT2D eigenvalue weighted by molar-refractivity contribution is 7.22. The number of ether oxygens (including phenoxy) is 3. The molecular formula is C33H34N2O6S. The van der Waals surface area contributed by atoms with Gasteiger partial charge in [0, 0.05) is 5.56 Å². The molecular weight excluding hydrogens is 552 g/mol. The molecule has 0 saturated carbocycles. The van der Waals surface area contributed by atoms with Gasteiger partial charge in [-0.15, -0.1) is 0 Å². The molecule has 218 valence electrons. The van der Waals surface area contributed by atoms with Gasteiger partial charge >= 0.3 is 5.91 Å². The van der Waals surface area contributed by atoms with Gasteiger partial charge in [-0.05, 0) is 86.3 Å². The van der Waals surface area contributed by atoms with Gasteiger partial charge in [-0.3, -0.25) is 14.5 Å². The van der Waals surface area contributed by atoms with Crippen LogP contribution in [0.25, 0.3) is 16.0 Å². The van der Waals surface area contributed by atoms with Gasteiger partial charge in [0.2, 0.25) is 0 Å². The van der Waals surface area contributed by atoms with Crippen molar-refractivity contribution in [3.05, 3.63) is 82.4 Å². The second-order valence-corrected chi connectivity index (χ2v) is 11.2. The van der Waals surface area contributed by atoms with Crippen LogP contribution in [-0.2, 0) is 9.59 Å². The maximum Gasteiger partial charge on any atom is 0.301 e. The second-order valence-electron chi connectivity index (χ2n) is 10.2. The van der Waals surface area contributed by atoms with E-state index in [1.807, 2.05) is 32.9 Å². The van der Waals surface area contributed by atoms with E-state index in [1.165, 1.54) is 16.2 Å². The van der Waals surface area contributed by atoms with E-state index in [-0.39, 0.29) is 11.3 Å². The highest BCUT2D eigenvalue weighted by atomic mass is 32.1. The van der Waals surface area contributed by atoms with Crippen molar-refractivity contribution in [2.45, 2.75) is 46.6 Å². The first-order chi connectivity index (χ1) is 20.3. The SMILES string of the molecule is CCCCOc1ccc(C2/C(=C(\O)c3ccc(OCC)cc3)C(=O)C(=O)N2c2nc3c(C)cc(C)cc3s2)cc1OC. The lowest BCUT2D eigenvalue weighted by atomic mass is 9.95. The molecule has 1 aliphatic heterocycles. The van der Waals surface area contributed by atoms with Crippen LogP contribution in [0.1, 0.15) is 55.0 Å². The summed E-state index contributed by atoms with van der Waals surface area (Å²) in [4.78, 5) is 33.6. The van der Waals surface area contributed by atoms with Crippen molar-refractivity contribution in [1.82, 2.24) is 4.98 Å². The summed E-state index contributed by atoms with van der Waals surface area (Å²) < 4.78 is 18.0. The number of nitrogens with zero attached hydrogens (tertiary/aromatic N) is 2. The lowest BCUT2D eigenvalue weighted by Gasteiger charge is -2.24. The lowest BCUT2D eigenvalue weighted by molar-refractivity contribution is -0.132. The monoisotopic (exact) mass is 586 g/mol. The number of aryl methyl sites for hydroxylation is 2. The Morgan fingerprint density at radius 1 is 1.00 bits per heavy atom. The Kier molecular flexibility index (Phi) is 8.49. The normalized spacial score (nSPS) is 16.3. The molecule has 1 unspecified atom stereocenters. The van der Waals surface area contributed by atoms with Gasteiger partial charge in [-0.1, -0.05) is 36.8 Å². The summed E-state index contributed by atoms with van der Waals surface area (Å²) in [7, 11) is 1.54. The zero-order chi connectivity index (χ0) is 30.0. The molecule has 1 atom stereocenters. The van der Waals surface area contributed by atoms with Crippen molar-refractivity contribution >= 4 is 44.1 Å². The van der Waals surface area contributed by atoms with Crippen molar-refractivity contribution in [2.24, 2.45) is 0 Å². The van der Waals surface area contributed by atoms with E-state index in [2.05, 4.69) is 6.92 Å². The number of benzene rings is 3. The number of anilines is 1. The summed E-state index contributed by atoms with van der Waals surface area (Å²) in [5, 5.41) is 11.9. The number of aliphatic hydroxyl groups is 1. The van der Waals surface area contributed by atoms with Crippen LogP contribution in [0.2, 0.25) is 0 Å². The first kappa shape index (κ1) is 29.1. The van der Waals surface area contributed by atoms with Gasteiger partial charge in [0.15, 0.2) is 16.6 Å². The molecule has 1 fully saturated rings. The summed E-state index contributed by atoms with van der Waals surface area (Å²) in [5.74, 6) is -0.173. The smallest absolute Gasteiger partial charge is 0.301 e. The predicted octanol–water partition coefficient (Wildman–Crippen LogP) is 7.13. The fraction of sp³-hybridized carbons (Fsp3) is 0.303. The van der Waals surface area contributed by atoms with E-state index >= 15 is 0 Å². The number of aliphatic hydroxyl groups excluding tert-OH is 1. The fourth-order valence-corrected chi connectivity index (χ4v) is 6.31. The van der Waals surface area contributed by atoms with Crippen molar-refractivity contribution in [2.75, 3.05) is 25.2 Å². The van der Waals surface area contributed by atoms with Crippen LogP contribution in [0.15, 0.2) is 60.2 Å². The Balaban J connectivity index is 1.68. The van der Waals surface area contributed by atoms with E-state index in [9.17, 15) is 14.7 Å². The van der Waals surface area contributed by atoms with Gasteiger partial charge in [0.05, 0.1) is 42.2 Å². The van der Waals surface area contributed by atoms with Crippen LogP contribution in [-0.4, -0.2) is 42.1 Å². The van der Waals surface area contributed by atoms with Crippen molar-refractivity contribution in [3.63, 3.8) is 0 Å². The summed E-state index contributed by atoms with van der Waals surface area (Å²) in [5.41, 5.74) is 3.76. The standard InChI is InChI=1S/C33H34N2O6S/c1-6-8-15-41-24-14-11-22(18-25(24)39-5)29-27(30(36)21-9-12-23(13-10-21)40-7-2)31(37)32(38)35(29)33-34-28-20(4)16-19(3)17-26(28)42-33/h9-14,16-18,29,36H,6-8,15H2,1-5H3/b30-27+. The minimum atomic E-state index is -0.947. The van der Waals surface area contributed by atoms with Crippen LogP contribution < -0.4 is 19.1 Å². The zero-order valence-corrected chi connectivity index (χ0v) is 25.2. The molecule has 2 heterocycles. The van der Waals surface area contributed by atoms with Gasteiger partial charge in [0.1, 0.15) is 11.5 Å². The molecule has 4 aromatic rings. The maximum atomic E-state index is 13.7. The molecule has 9 heteroatoms. The molecule has 42 heavy (non-hydrogen) atoms. The van der Waals surface area contributed by atoms with Crippen LogP contribution in [0.4, 0.5) is 5.13 Å². The molecule has 1 aromatic heterocycles. The predicted molar refractivity (Wildman–Crippen MR) is 165 cm³/mol. The average Bonchev–Trinajstić information content (AvgIpc) is 3.51. The third-order valence-electron chi connectivity index (χ3n) is 7.17. The Morgan fingerprint density at radius 2 is 1.76 bits per heavy atom. The third-order valence-corrected chi connectivity index (χ3v) is 8.17. The van der Waals surface area contributed by atoms with Crippen LogP contribution >= 0.6 is 11.3 Å². The molecule has 0 aliphatic carbocycles. The molecule has 1 aliphatic rings. The highest BCUT2D eigenvalue weighted by Gasteiger charge is 2.48. The average molecular weight is 587 g/mol. The number of methoxy groups -OCH3 is 1. The largest absolute Gasteiger partial charge is 0.507 e. The van der Waals surface area contributed by atoms with Crippen LogP contribution in [0, 0.1) is 13.8 Å². The number of unbranched alkanes of at least 4 members (excludes halogenated alkanes) is 1. The van der Waals surface area contributed by atoms with E-state index in [0.717, 1.165) is 34.2 Å². The lowest BCUT2D eigenvalue weighted by Crippen LogP contribution is -2.29. The van der Waals surface area contributed by atoms with Gasteiger partial charge in [0.25, 0.3) is 5.78 Å². The number of carbonyl (C=O) groups excluding carboxylic acids is 2. The summed E-state index contributed by atoms with van der Waals surface area (Å²) in [6.45, 7) is 8.98. The topological polar surface area (TPSA) is 98.2 Å². The van der Waals surface area contributed by atoms with E-state index in [1.54, 1.807) is 49.6 Å². The number of carbonyl (C=O) groups is 2. The maximum absolute atomic E-state index is 13.7. The van der Waals surface area contributed by atoms with Crippen LogP contribution in [0.5, 0.6) is 17.2 Å². The minimum absolute atomic E-state index is 0.0296. The number of fused-ring (bicyclic) bond motifs is 1. The molecule has 1 saturated heterocycles. The number of Topliss-reactive ketones (excluding diaryl/α,β-unsaturated/α-hetero) is 1. The van der Waals surface area contributed by atoms with Crippen molar-refractivity contribution in [3.8, 4) is 17.2 Å².